The Hall–Kier alpha value is -0.410. The third-order valence-electron chi connectivity index (χ3n) is 4.50. The standard InChI is InChI=1S/C15H23NOS/c1-18-12-7-5-11(6-8-12)16-14-3-2-4-15-13(14)9-10-17-15/h9-12,14,16H,2-8H2,1H3. The second kappa shape index (κ2) is 5.70. The Labute approximate surface area is 114 Å². The molecule has 0 bridgehead atoms. The van der Waals surface area contributed by atoms with E-state index in [0.717, 1.165) is 17.7 Å². The molecule has 1 fully saturated rings. The zero-order valence-electron chi connectivity index (χ0n) is 11.2. The van der Waals surface area contributed by atoms with Gasteiger partial charge in [-0.2, -0.15) is 11.8 Å². The van der Waals surface area contributed by atoms with Crippen molar-refractivity contribution in [1.29, 1.82) is 0 Å². The third-order valence-corrected chi connectivity index (χ3v) is 5.63. The number of fused-ring (bicyclic) bond motifs is 1. The SMILES string of the molecule is CSC1CCC(NC2CCCc3occc32)CC1. The van der Waals surface area contributed by atoms with Gasteiger partial charge in [0.05, 0.1) is 6.26 Å². The van der Waals surface area contributed by atoms with Crippen LogP contribution < -0.4 is 5.32 Å². The van der Waals surface area contributed by atoms with Crippen molar-refractivity contribution >= 4 is 11.8 Å². The smallest absolute Gasteiger partial charge is 0.108 e. The Morgan fingerprint density at radius 1 is 1.22 bits per heavy atom. The topological polar surface area (TPSA) is 25.2 Å². The van der Waals surface area contributed by atoms with Crippen molar-refractivity contribution in [1.82, 2.24) is 5.32 Å². The van der Waals surface area contributed by atoms with Gasteiger partial charge in [0.15, 0.2) is 0 Å². The molecule has 18 heavy (non-hydrogen) atoms. The maximum atomic E-state index is 5.57. The maximum absolute atomic E-state index is 5.57. The van der Waals surface area contributed by atoms with Gasteiger partial charge in [0.1, 0.15) is 5.76 Å². The Balaban J connectivity index is 1.58. The molecule has 1 aromatic rings. The minimum Gasteiger partial charge on any atom is -0.469 e. The number of hydrogen-bond acceptors (Lipinski definition) is 3. The van der Waals surface area contributed by atoms with Gasteiger partial charge in [-0.15, -0.1) is 0 Å². The van der Waals surface area contributed by atoms with Gasteiger partial charge in [0.2, 0.25) is 0 Å². The van der Waals surface area contributed by atoms with E-state index in [1.54, 1.807) is 0 Å². The number of aryl methyl sites for hydroxylation is 1. The first-order valence-electron chi connectivity index (χ1n) is 7.22. The largest absolute Gasteiger partial charge is 0.469 e. The molecule has 1 saturated carbocycles. The van der Waals surface area contributed by atoms with E-state index in [-0.39, 0.29) is 0 Å². The molecule has 1 atom stereocenters. The molecule has 2 aliphatic rings. The third kappa shape index (κ3) is 2.62. The van der Waals surface area contributed by atoms with Crippen molar-refractivity contribution < 1.29 is 4.42 Å². The van der Waals surface area contributed by atoms with Crippen LogP contribution in [0, 0.1) is 0 Å². The predicted molar refractivity (Wildman–Crippen MR) is 77.1 cm³/mol. The minimum atomic E-state index is 0.545. The summed E-state index contributed by atoms with van der Waals surface area (Å²) in [6.45, 7) is 0. The van der Waals surface area contributed by atoms with Crippen molar-refractivity contribution in [2.75, 3.05) is 6.26 Å². The predicted octanol–water partition coefficient (Wildman–Crippen LogP) is 3.92. The van der Waals surface area contributed by atoms with E-state index < -0.39 is 0 Å². The first kappa shape index (κ1) is 12.6. The van der Waals surface area contributed by atoms with Crippen LogP contribution in [0.4, 0.5) is 0 Å². The summed E-state index contributed by atoms with van der Waals surface area (Å²) in [6, 6.07) is 3.43. The summed E-state index contributed by atoms with van der Waals surface area (Å²) in [5, 5.41) is 4.78. The Kier molecular flexibility index (Phi) is 4.00. The lowest BCUT2D eigenvalue weighted by Gasteiger charge is -2.33. The Bertz CT molecular complexity index is 382. The van der Waals surface area contributed by atoms with E-state index in [4.69, 9.17) is 4.42 Å². The minimum absolute atomic E-state index is 0.545. The van der Waals surface area contributed by atoms with E-state index >= 15 is 0 Å². The molecule has 1 unspecified atom stereocenters. The normalized spacial score (nSPS) is 32.2. The van der Waals surface area contributed by atoms with Crippen LogP contribution in [-0.4, -0.2) is 17.5 Å². The van der Waals surface area contributed by atoms with E-state index in [9.17, 15) is 0 Å². The van der Waals surface area contributed by atoms with Crippen molar-refractivity contribution in [2.24, 2.45) is 0 Å². The second-order valence-electron chi connectivity index (χ2n) is 5.62. The lowest BCUT2D eigenvalue weighted by Crippen LogP contribution is -2.37. The summed E-state index contributed by atoms with van der Waals surface area (Å²) in [5.41, 5.74) is 1.42. The Morgan fingerprint density at radius 3 is 2.83 bits per heavy atom. The van der Waals surface area contributed by atoms with Crippen molar-refractivity contribution in [3.63, 3.8) is 0 Å². The molecule has 3 heteroatoms. The summed E-state index contributed by atoms with van der Waals surface area (Å²) in [7, 11) is 0. The van der Waals surface area contributed by atoms with Crippen LogP contribution in [0.1, 0.15) is 55.9 Å². The molecular weight excluding hydrogens is 242 g/mol. The summed E-state index contributed by atoms with van der Waals surface area (Å²) in [5.74, 6) is 1.22. The number of hydrogen-bond donors (Lipinski definition) is 1. The van der Waals surface area contributed by atoms with E-state index in [1.807, 2.05) is 18.0 Å². The maximum Gasteiger partial charge on any atom is 0.108 e. The highest BCUT2D eigenvalue weighted by Crippen LogP contribution is 2.33. The number of furan rings is 1. The number of nitrogens with one attached hydrogen (secondary N) is 1. The summed E-state index contributed by atoms with van der Waals surface area (Å²) >= 11 is 2.04. The molecule has 0 aromatic carbocycles. The second-order valence-corrected chi connectivity index (χ2v) is 6.76. The van der Waals surface area contributed by atoms with Crippen LogP contribution in [0.5, 0.6) is 0 Å². The highest BCUT2D eigenvalue weighted by molar-refractivity contribution is 7.99. The van der Waals surface area contributed by atoms with Crippen LogP contribution in [-0.2, 0) is 6.42 Å². The van der Waals surface area contributed by atoms with Crippen molar-refractivity contribution in [3.8, 4) is 0 Å². The molecule has 0 saturated heterocycles. The lowest BCUT2D eigenvalue weighted by molar-refractivity contribution is 0.317. The molecule has 0 spiro atoms. The molecule has 100 valence electrons. The molecule has 3 rings (SSSR count). The zero-order valence-corrected chi connectivity index (χ0v) is 12.0. The van der Waals surface area contributed by atoms with Crippen LogP contribution in [0.15, 0.2) is 16.7 Å². The van der Waals surface area contributed by atoms with Crippen LogP contribution in [0.2, 0.25) is 0 Å². The average Bonchev–Trinajstić information content (AvgIpc) is 2.89. The lowest BCUT2D eigenvalue weighted by atomic mass is 9.89. The molecule has 2 nitrogen and oxygen atoms in total. The van der Waals surface area contributed by atoms with Gasteiger partial charge in [-0.3, -0.25) is 0 Å². The van der Waals surface area contributed by atoms with Gasteiger partial charge >= 0.3 is 0 Å². The van der Waals surface area contributed by atoms with Gasteiger partial charge in [-0.1, -0.05) is 0 Å². The molecule has 0 radical (unpaired) electrons. The van der Waals surface area contributed by atoms with Crippen molar-refractivity contribution in [2.45, 2.75) is 62.3 Å². The van der Waals surface area contributed by atoms with Gasteiger partial charge in [0.25, 0.3) is 0 Å². The highest BCUT2D eigenvalue weighted by Gasteiger charge is 2.27. The monoisotopic (exact) mass is 265 g/mol. The molecule has 1 N–H and O–H groups in total. The molecule has 1 heterocycles. The molecule has 2 aliphatic carbocycles. The number of thioether (sulfide) groups is 1. The summed E-state index contributed by atoms with van der Waals surface area (Å²) in [6.07, 6.45) is 13.2. The first-order chi connectivity index (χ1) is 8.86. The first-order valence-corrected chi connectivity index (χ1v) is 8.50. The average molecular weight is 265 g/mol. The fraction of sp³-hybridized carbons (Fsp3) is 0.733. The summed E-state index contributed by atoms with van der Waals surface area (Å²) < 4.78 is 5.57. The fourth-order valence-electron chi connectivity index (χ4n) is 3.41. The van der Waals surface area contributed by atoms with Crippen LogP contribution in [0.25, 0.3) is 0 Å². The number of rotatable bonds is 3. The van der Waals surface area contributed by atoms with E-state index in [2.05, 4.69) is 17.6 Å². The molecule has 0 aliphatic heterocycles. The van der Waals surface area contributed by atoms with Crippen LogP contribution in [0.3, 0.4) is 0 Å². The molecular formula is C15H23NOS. The van der Waals surface area contributed by atoms with E-state index in [1.165, 1.54) is 49.8 Å². The van der Waals surface area contributed by atoms with Gasteiger partial charge in [-0.05, 0) is 50.8 Å². The van der Waals surface area contributed by atoms with Crippen LogP contribution >= 0.6 is 11.8 Å². The highest BCUT2D eigenvalue weighted by atomic mass is 32.2. The van der Waals surface area contributed by atoms with Gasteiger partial charge < -0.3 is 9.73 Å². The quantitative estimate of drug-likeness (QED) is 0.896. The van der Waals surface area contributed by atoms with Crippen molar-refractivity contribution in [3.05, 3.63) is 23.7 Å². The zero-order chi connectivity index (χ0) is 12.4. The fourth-order valence-corrected chi connectivity index (χ4v) is 4.15. The van der Waals surface area contributed by atoms with E-state index in [0.29, 0.717) is 6.04 Å². The van der Waals surface area contributed by atoms with Gasteiger partial charge in [0, 0.05) is 29.3 Å². The Morgan fingerprint density at radius 2 is 2.06 bits per heavy atom. The van der Waals surface area contributed by atoms with Gasteiger partial charge in [-0.25, -0.2) is 0 Å². The summed E-state index contributed by atoms with van der Waals surface area (Å²) in [4.78, 5) is 0. The molecule has 1 aromatic heterocycles. The molecule has 0 amide bonds.